The van der Waals surface area contributed by atoms with E-state index in [2.05, 4.69) is 21.4 Å². The van der Waals surface area contributed by atoms with E-state index in [1.54, 1.807) is 6.20 Å². The van der Waals surface area contributed by atoms with Gasteiger partial charge in [0.1, 0.15) is 6.04 Å². The number of rotatable bonds is 6. The van der Waals surface area contributed by atoms with Gasteiger partial charge in [-0.25, -0.2) is 0 Å². The average molecular weight is 221 g/mol. The van der Waals surface area contributed by atoms with E-state index in [4.69, 9.17) is 5.26 Å². The molecule has 0 saturated heterocycles. The van der Waals surface area contributed by atoms with Gasteiger partial charge in [0.15, 0.2) is 0 Å². The maximum absolute atomic E-state index is 9.06. The fourth-order valence-electron chi connectivity index (χ4n) is 1.37. The first-order valence-corrected chi connectivity index (χ1v) is 5.47. The van der Waals surface area contributed by atoms with E-state index in [9.17, 15) is 0 Å². The number of likely N-dealkylation sites (N-methyl/N-ethyl adjacent to an activating group) is 1. The molecule has 5 nitrogen and oxygen atoms in total. The van der Waals surface area contributed by atoms with Gasteiger partial charge in [0.2, 0.25) is 0 Å². The number of hydrogen-bond acceptors (Lipinski definition) is 4. The third kappa shape index (κ3) is 3.65. The van der Waals surface area contributed by atoms with Crippen LogP contribution in [0.2, 0.25) is 0 Å². The Morgan fingerprint density at radius 1 is 1.62 bits per heavy atom. The lowest BCUT2D eigenvalue weighted by atomic mass is 10.2. The largest absolute Gasteiger partial charge is 0.308 e. The Balaban J connectivity index is 2.51. The van der Waals surface area contributed by atoms with Crippen LogP contribution < -0.4 is 5.32 Å². The number of nitrogens with one attached hydrogen (secondary N) is 1. The maximum atomic E-state index is 9.06. The van der Waals surface area contributed by atoms with Crippen LogP contribution in [0.1, 0.15) is 18.5 Å². The minimum Gasteiger partial charge on any atom is -0.308 e. The van der Waals surface area contributed by atoms with Gasteiger partial charge in [-0.1, -0.05) is 0 Å². The van der Waals surface area contributed by atoms with Crippen molar-refractivity contribution in [2.75, 3.05) is 27.2 Å². The number of hydrogen-bond donors (Lipinski definition) is 1. The van der Waals surface area contributed by atoms with Crippen molar-refractivity contribution < 1.29 is 0 Å². The van der Waals surface area contributed by atoms with Crippen molar-refractivity contribution in [3.8, 4) is 6.07 Å². The van der Waals surface area contributed by atoms with Crippen molar-refractivity contribution in [1.82, 2.24) is 20.0 Å². The first-order valence-electron chi connectivity index (χ1n) is 5.47. The van der Waals surface area contributed by atoms with Gasteiger partial charge in [-0.2, -0.15) is 10.4 Å². The van der Waals surface area contributed by atoms with Gasteiger partial charge in [-0.3, -0.25) is 10.00 Å². The van der Waals surface area contributed by atoms with Crippen molar-refractivity contribution in [3.05, 3.63) is 18.0 Å². The lowest BCUT2D eigenvalue weighted by molar-refractivity contribution is 0.395. The minimum absolute atomic E-state index is 0.264. The van der Waals surface area contributed by atoms with Crippen LogP contribution in [0.3, 0.4) is 0 Å². The normalized spacial score (nSPS) is 12.7. The highest BCUT2D eigenvalue weighted by Gasteiger charge is 2.11. The molecule has 0 aromatic carbocycles. The first kappa shape index (κ1) is 12.7. The monoisotopic (exact) mass is 221 g/mol. The summed E-state index contributed by atoms with van der Waals surface area (Å²) in [6, 6.07) is 1.98. The molecule has 1 atom stereocenters. The Labute approximate surface area is 96.7 Å². The molecule has 0 spiro atoms. The summed E-state index contributed by atoms with van der Waals surface area (Å²) >= 11 is 0. The molecule has 0 aliphatic carbocycles. The van der Waals surface area contributed by atoms with Crippen molar-refractivity contribution in [3.63, 3.8) is 0 Å². The number of aryl methyl sites for hydroxylation is 1. The summed E-state index contributed by atoms with van der Waals surface area (Å²) in [5, 5.41) is 16.4. The smallest absolute Gasteiger partial charge is 0.124 e. The van der Waals surface area contributed by atoms with E-state index in [1.165, 1.54) is 0 Å². The predicted molar refractivity (Wildman–Crippen MR) is 62.8 cm³/mol. The molecule has 0 radical (unpaired) electrons. The van der Waals surface area contributed by atoms with Crippen LogP contribution in [-0.4, -0.2) is 41.9 Å². The molecule has 16 heavy (non-hydrogen) atoms. The molecule has 0 saturated carbocycles. The highest BCUT2D eigenvalue weighted by atomic mass is 15.3. The molecular weight excluding hydrogens is 202 g/mol. The predicted octanol–water partition coefficient (Wildman–Crippen LogP) is 0.619. The van der Waals surface area contributed by atoms with Gasteiger partial charge in [0.05, 0.1) is 12.3 Å². The fourth-order valence-corrected chi connectivity index (χ4v) is 1.37. The molecular formula is C11H19N5. The third-order valence-corrected chi connectivity index (χ3v) is 2.35. The fraction of sp³-hybridized carbons (Fsp3) is 0.636. The number of nitrogens with zero attached hydrogens (tertiary/aromatic N) is 4. The van der Waals surface area contributed by atoms with Crippen LogP contribution in [0.5, 0.6) is 0 Å². The van der Waals surface area contributed by atoms with Crippen LogP contribution in [0.4, 0.5) is 0 Å². The molecule has 0 aliphatic rings. The standard InChI is InChI=1S/C11H19N5/c1-4-16-9-10(8-14-16)11(7-12)13-5-6-15(2)3/h8-9,11,13H,4-6H2,1-3H3. The van der Waals surface area contributed by atoms with Gasteiger partial charge in [-0.15, -0.1) is 0 Å². The first-order chi connectivity index (χ1) is 7.67. The lowest BCUT2D eigenvalue weighted by Gasteiger charge is -2.13. The highest BCUT2D eigenvalue weighted by Crippen LogP contribution is 2.10. The second-order valence-electron chi connectivity index (χ2n) is 3.95. The molecule has 0 fully saturated rings. The zero-order chi connectivity index (χ0) is 12.0. The Morgan fingerprint density at radius 3 is 2.88 bits per heavy atom. The van der Waals surface area contributed by atoms with E-state index in [0.29, 0.717) is 0 Å². The van der Waals surface area contributed by atoms with Gasteiger partial charge < -0.3 is 4.90 Å². The van der Waals surface area contributed by atoms with E-state index in [0.717, 1.165) is 25.2 Å². The number of nitriles is 1. The summed E-state index contributed by atoms with van der Waals surface area (Å²) in [6.07, 6.45) is 3.66. The van der Waals surface area contributed by atoms with Gasteiger partial charge in [-0.05, 0) is 21.0 Å². The molecule has 1 heterocycles. The summed E-state index contributed by atoms with van der Waals surface area (Å²) in [7, 11) is 4.02. The SMILES string of the molecule is CCn1cc(C(C#N)NCCN(C)C)cn1. The molecule has 0 amide bonds. The van der Waals surface area contributed by atoms with Crippen molar-refractivity contribution in [2.24, 2.45) is 0 Å². The molecule has 1 N–H and O–H groups in total. The lowest BCUT2D eigenvalue weighted by Crippen LogP contribution is -2.29. The zero-order valence-electron chi connectivity index (χ0n) is 10.1. The topological polar surface area (TPSA) is 56.9 Å². The summed E-state index contributed by atoms with van der Waals surface area (Å²) in [5.41, 5.74) is 0.933. The number of aromatic nitrogens is 2. The molecule has 5 heteroatoms. The summed E-state index contributed by atoms with van der Waals surface area (Å²) < 4.78 is 1.83. The summed E-state index contributed by atoms with van der Waals surface area (Å²) in [6.45, 7) is 4.57. The zero-order valence-corrected chi connectivity index (χ0v) is 10.1. The van der Waals surface area contributed by atoms with E-state index >= 15 is 0 Å². The van der Waals surface area contributed by atoms with Crippen LogP contribution in [0.15, 0.2) is 12.4 Å². The Hall–Kier alpha value is -1.38. The molecule has 1 aromatic heterocycles. The van der Waals surface area contributed by atoms with E-state index in [1.807, 2.05) is 31.9 Å². The molecule has 0 aliphatic heterocycles. The average Bonchev–Trinajstić information content (AvgIpc) is 2.72. The Morgan fingerprint density at radius 2 is 2.38 bits per heavy atom. The van der Waals surface area contributed by atoms with Crippen LogP contribution in [-0.2, 0) is 6.54 Å². The van der Waals surface area contributed by atoms with Gasteiger partial charge >= 0.3 is 0 Å². The maximum Gasteiger partial charge on any atom is 0.124 e. The van der Waals surface area contributed by atoms with Gasteiger partial charge in [0.25, 0.3) is 0 Å². The molecule has 1 unspecified atom stereocenters. The van der Waals surface area contributed by atoms with Crippen molar-refractivity contribution in [2.45, 2.75) is 19.5 Å². The van der Waals surface area contributed by atoms with Crippen molar-refractivity contribution >= 4 is 0 Å². The second-order valence-corrected chi connectivity index (χ2v) is 3.95. The second kappa shape index (κ2) is 6.26. The van der Waals surface area contributed by atoms with E-state index in [-0.39, 0.29) is 6.04 Å². The summed E-state index contributed by atoms with van der Waals surface area (Å²) in [4.78, 5) is 2.08. The van der Waals surface area contributed by atoms with Crippen molar-refractivity contribution in [1.29, 1.82) is 5.26 Å². The molecule has 1 aromatic rings. The molecule has 88 valence electrons. The molecule has 1 rings (SSSR count). The van der Waals surface area contributed by atoms with Crippen LogP contribution in [0, 0.1) is 11.3 Å². The van der Waals surface area contributed by atoms with Gasteiger partial charge in [0, 0.05) is 31.4 Å². The molecule has 0 bridgehead atoms. The van der Waals surface area contributed by atoms with Crippen LogP contribution in [0.25, 0.3) is 0 Å². The van der Waals surface area contributed by atoms with E-state index < -0.39 is 0 Å². The third-order valence-electron chi connectivity index (χ3n) is 2.35. The summed E-state index contributed by atoms with van der Waals surface area (Å²) in [5.74, 6) is 0. The quantitative estimate of drug-likeness (QED) is 0.765. The minimum atomic E-state index is -0.264. The van der Waals surface area contributed by atoms with Crippen LogP contribution >= 0.6 is 0 Å². The highest BCUT2D eigenvalue weighted by molar-refractivity contribution is 5.17. The Bertz CT molecular complexity index is 350. The Kier molecular flexibility index (Phi) is 4.96.